The van der Waals surface area contributed by atoms with Crippen molar-refractivity contribution in [2.24, 2.45) is 0 Å². The number of anilines is 1. The summed E-state index contributed by atoms with van der Waals surface area (Å²) in [6, 6.07) is 2.42. The SMILES string of the molecule is O=Cc1cccnc1NS(=O)(=O)C(F)(F)F. The summed E-state index contributed by atoms with van der Waals surface area (Å²) < 4.78 is 58.5. The molecular weight excluding hydrogens is 249 g/mol. The van der Waals surface area contributed by atoms with Crippen LogP contribution >= 0.6 is 0 Å². The van der Waals surface area contributed by atoms with Crippen LogP contribution < -0.4 is 4.72 Å². The Morgan fingerprint density at radius 1 is 1.38 bits per heavy atom. The van der Waals surface area contributed by atoms with Crippen LogP contribution in [0.25, 0.3) is 0 Å². The van der Waals surface area contributed by atoms with Crippen molar-refractivity contribution in [3.05, 3.63) is 23.9 Å². The second-order valence-corrected chi connectivity index (χ2v) is 4.28. The van der Waals surface area contributed by atoms with Gasteiger partial charge in [-0.2, -0.15) is 21.6 Å². The molecule has 1 aromatic rings. The van der Waals surface area contributed by atoms with E-state index in [9.17, 15) is 26.4 Å². The van der Waals surface area contributed by atoms with Gasteiger partial charge in [-0.3, -0.25) is 9.52 Å². The molecule has 0 saturated heterocycles. The number of carbonyl (C=O) groups excluding carboxylic acids is 1. The Morgan fingerprint density at radius 2 is 2.00 bits per heavy atom. The van der Waals surface area contributed by atoms with Gasteiger partial charge in [-0.1, -0.05) is 0 Å². The van der Waals surface area contributed by atoms with Crippen molar-refractivity contribution in [3.8, 4) is 0 Å². The summed E-state index contributed by atoms with van der Waals surface area (Å²) in [5, 5.41) is 0. The molecule has 9 heteroatoms. The molecule has 1 aromatic heterocycles. The zero-order chi connectivity index (χ0) is 12.4. The number of alkyl halides is 3. The lowest BCUT2D eigenvalue weighted by atomic mass is 10.3. The van der Waals surface area contributed by atoms with E-state index < -0.39 is 21.3 Å². The highest BCUT2D eigenvalue weighted by Crippen LogP contribution is 2.25. The second kappa shape index (κ2) is 4.08. The number of hydrogen-bond acceptors (Lipinski definition) is 4. The van der Waals surface area contributed by atoms with Gasteiger partial charge >= 0.3 is 15.5 Å². The molecule has 1 rings (SSSR count). The number of pyridine rings is 1. The van der Waals surface area contributed by atoms with Crippen molar-refractivity contribution in [2.75, 3.05) is 4.72 Å². The van der Waals surface area contributed by atoms with Crippen LogP contribution in [0.3, 0.4) is 0 Å². The topological polar surface area (TPSA) is 76.1 Å². The zero-order valence-electron chi connectivity index (χ0n) is 7.52. The molecule has 0 atom stereocenters. The first-order chi connectivity index (χ1) is 7.28. The maximum atomic E-state index is 12.0. The first-order valence-electron chi connectivity index (χ1n) is 3.77. The molecule has 0 bridgehead atoms. The second-order valence-electron chi connectivity index (χ2n) is 2.61. The van der Waals surface area contributed by atoms with Crippen LogP contribution in [0, 0.1) is 0 Å². The average molecular weight is 254 g/mol. The van der Waals surface area contributed by atoms with E-state index in [1.807, 2.05) is 0 Å². The zero-order valence-corrected chi connectivity index (χ0v) is 8.34. The first kappa shape index (κ1) is 12.4. The van der Waals surface area contributed by atoms with Gasteiger partial charge in [-0.05, 0) is 12.1 Å². The normalized spacial score (nSPS) is 12.2. The summed E-state index contributed by atoms with van der Waals surface area (Å²) in [6.45, 7) is 0. The molecule has 0 radical (unpaired) electrons. The molecule has 5 nitrogen and oxygen atoms in total. The highest BCUT2D eigenvalue weighted by molar-refractivity contribution is 7.93. The van der Waals surface area contributed by atoms with E-state index in [4.69, 9.17) is 0 Å². The van der Waals surface area contributed by atoms with E-state index in [1.165, 1.54) is 10.8 Å². The first-order valence-corrected chi connectivity index (χ1v) is 5.25. The van der Waals surface area contributed by atoms with Crippen LogP contribution in [0.4, 0.5) is 19.0 Å². The molecule has 0 unspecified atom stereocenters. The van der Waals surface area contributed by atoms with Gasteiger partial charge in [0.25, 0.3) is 0 Å². The van der Waals surface area contributed by atoms with E-state index in [0.29, 0.717) is 0 Å². The largest absolute Gasteiger partial charge is 0.516 e. The molecule has 88 valence electrons. The lowest BCUT2D eigenvalue weighted by molar-refractivity contribution is -0.0429. The Labute approximate surface area is 88.3 Å². The lowest BCUT2D eigenvalue weighted by Gasteiger charge is -2.10. The van der Waals surface area contributed by atoms with Crippen LogP contribution in [0.1, 0.15) is 10.4 Å². The van der Waals surface area contributed by atoms with Gasteiger partial charge in [0.1, 0.15) is 5.82 Å². The number of carbonyl (C=O) groups is 1. The number of aldehydes is 1. The fraction of sp³-hybridized carbons (Fsp3) is 0.143. The summed E-state index contributed by atoms with van der Waals surface area (Å²) in [7, 11) is -5.55. The Morgan fingerprint density at radius 3 is 2.50 bits per heavy atom. The minimum Gasteiger partial charge on any atom is -0.298 e. The fourth-order valence-corrected chi connectivity index (χ4v) is 1.32. The van der Waals surface area contributed by atoms with Crippen molar-refractivity contribution in [1.82, 2.24) is 4.98 Å². The van der Waals surface area contributed by atoms with Crippen molar-refractivity contribution >= 4 is 22.1 Å². The van der Waals surface area contributed by atoms with E-state index in [0.717, 1.165) is 12.3 Å². The maximum absolute atomic E-state index is 12.0. The number of rotatable bonds is 3. The molecule has 0 saturated carbocycles. The molecule has 0 aliphatic rings. The van der Waals surface area contributed by atoms with Crippen LogP contribution in [-0.2, 0) is 10.0 Å². The van der Waals surface area contributed by atoms with Crippen molar-refractivity contribution in [2.45, 2.75) is 5.51 Å². The summed E-state index contributed by atoms with van der Waals surface area (Å²) in [5.74, 6) is -0.658. The minimum atomic E-state index is -5.55. The summed E-state index contributed by atoms with van der Waals surface area (Å²) >= 11 is 0. The molecule has 0 spiro atoms. The van der Waals surface area contributed by atoms with Crippen LogP contribution in [0.2, 0.25) is 0 Å². The van der Waals surface area contributed by atoms with Crippen LogP contribution in [-0.4, -0.2) is 25.2 Å². The average Bonchev–Trinajstić information content (AvgIpc) is 2.16. The molecule has 0 amide bonds. The summed E-state index contributed by atoms with van der Waals surface area (Å²) in [5.41, 5.74) is -5.74. The minimum absolute atomic E-state index is 0.196. The van der Waals surface area contributed by atoms with Crippen LogP contribution in [0.5, 0.6) is 0 Å². The summed E-state index contributed by atoms with van der Waals surface area (Å²) in [6.07, 6.45) is 1.25. The quantitative estimate of drug-likeness (QED) is 0.821. The molecule has 1 heterocycles. The van der Waals surface area contributed by atoms with Crippen LogP contribution in [0.15, 0.2) is 18.3 Å². The molecule has 0 aromatic carbocycles. The van der Waals surface area contributed by atoms with E-state index in [2.05, 4.69) is 4.98 Å². The van der Waals surface area contributed by atoms with Gasteiger partial charge in [0.2, 0.25) is 0 Å². The van der Waals surface area contributed by atoms with E-state index in [1.54, 1.807) is 0 Å². The van der Waals surface area contributed by atoms with E-state index >= 15 is 0 Å². The predicted molar refractivity (Wildman–Crippen MR) is 48.2 cm³/mol. The number of nitrogens with zero attached hydrogens (tertiary/aromatic N) is 1. The third-order valence-electron chi connectivity index (χ3n) is 1.50. The molecule has 0 aliphatic carbocycles. The molecule has 1 N–H and O–H groups in total. The number of hydrogen-bond donors (Lipinski definition) is 1. The molecule has 0 aliphatic heterocycles. The summed E-state index contributed by atoms with van der Waals surface area (Å²) in [4.78, 5) is 13.7. The van der Waals surface area contributed by atoms with Crippen molar-refractivity contribution in [1.29, 1.82) is 0 Å². The Balaban J connectivity index is 3.11. The number of halogens is 3. The van der Waals surface area contributed by atoms with Gasteiger partial charge in [0.05, 0.1) is 5.56 Å². The van der Waals surface area contributed by atoms with Gasteiger partial charge < -0.3 is 0 Å². The van der Waals surface area contributed by atoms with Crippen molar-refractivity contribution < 1.29 is 26.4 Å². The van der Waals surface area contributed by atoms with Gasteiger partial charge in [0, 0.05) is 6.20 Å². The van der Waals surface area contributed by atoms with Crippen molar-refractivity contribution in [3.63, 3.8) is 0 Å². The fourth-order valence-electron chi connectivity index (χ4n) is 0.783. The molecular formula is C7H5F3N2O3S. The molecule has 0 fully saturated rings. The predicted octanol–water partition coefficient (Wildman–Crippen LogP) is 1.16. The smallest absolute Gasteiger partial charge is 0.298 e. The standard InChI is InChI=1S/C7H5F3N2O3S/c8-7(9,10)16(14,15)12-6-5(4-13)2-1-3-11-6/h1-4H,(H,11,12). The monoisotopic (exact) mass is 254 g/mol. The van der Waals surface area contributed by atoms with E-state index in [-0.39, 0.29) is 11.8 Å². The number of nitrogens with one attached hydrogen (secondary N) is 1. The molecule has 16 heavy (non-hydrogen) atoms. The van der Waals surface area contributed by atoms with Gasteiger partial charge in [-0.15, -0.1) is 0 Å². The van der Waals surface area contributed by atoms with Gasteiger partial charge in [-0.25, -0.2) is 4.98 Å². The Hall–Kier alpha value is -1.64. The third kappa shape index (κ3) is 2.48. The number of sulfonamides is 1. The number of aromatic nitrogens is 1. The highest BCUT2D eigenvalue weighted by atomic mass is 32.2. The van der Waals surface area contributed by atoms with Gasteiger partial charge in [0.15, 0.2) is 6.29 Å². The highest BCUT2D eigenvalue weighted by Gasteiger charge is 2.46. The Kier molecular flexibility index (Phi) is 3.17. The Bertz CT molecular complexity index is 498. The lowest BCUT2D eigenvalue weighted by Crippen LogP contribution is -2.30. The third-order valence-corrected chi connectivity index (χ3v) is 2.57. The maximum Gasteiger partial charge on any atom is 0.516 e.